The van der Waals surface area contributed by atoms with Gasteiger partial charge in [-0.1, -0.05) is 0 Å². The minimum absolute atomic E-state index is 0.359. The Morgan fingerprint density at radius 3 is 2.33 bits per heavy atom. The zero-order valence-electron chi connectivity index (χ0n) is 8.56. The predicted octanol–water partition coefficient (Wildman–Crippen LogP) is 2.88. The molecule has 0 aromatic carbocycles. The zero-order chi connectivity index (χ0) is 14.1. The van der Waals surface area contributed by atoms with Gasteiger partial charge >= 0.3 is 6.18 Å². The first-order valence-corrected chi connectivity index (χ1v) is 4.85. The molecule has 0 fully saturated rings. The number of hydrogen-bond donors (Lipinski definition) is 1. The van der Waals surface area contributed by atoms with Gasteiger partial charge in [0.05, 0.1) is 5.56 Å². The molecule has 0 bridgehead atoms. The molecule has 0 saturated carbocycles. The summed E-state index contributed by atoms with van der Waals surface area (Å²) < 4.78 is 62.6. The van der Waals surface area contributed by atoms with Crippen molar-refractivity contribution in [1.29, 1.82) is 0 Å². The average molecular weight is 289 g/mol. The lowest BCUT2D eigenvalue weighted by Crippen LogP contribution is -2.18. The van der Waals surface area contributed by atoms with Crippen LogP contribution in [0.25, 0.3) is 0 Å². The molecule has 0 aliphatic heterocycles. The van der Waals surface area contributed by atoms with E-state index in [4.69, 9.17) is 17.3 Å². The van der Waals surface area contributed by atoms with E-state index >= 15 is 0 Å². The van der Waals surface area contributed by atoms with E-state index in [1.807, 2.05) is 0 Å². The van der Waals surface area contributed by atoms with Crippen molar-refractivity contribution in [1.82, 2.24) is 4.98 Å². The van der Waals surface area contributed by atoms with Crippen molar-refractivity contribution < 1.29 is 26.7 Å². The van der Waals surface area contributed by atoms with E-state index in [0.717, 1.165) is 0 Å². The fourth-order valence-corrected chi connectivity index (χ4v) is 1.43. The second kappa shape index (κ2) is 5.15. The van der Waals surface area contributed by atoms with E-state index in [0.29, 0.717) is 6.07 Å². The van der Waals surface area contributed by atoms with Crippen molar-refractivity contribution in [3.05, 3.63) is 28.6 Å². The molecule has 100 valence electrons. The topological polar surface area (TPSA) is 56.0 Å². The highest BCUT2D eigenvalue weighted by Gasteiger charge is 2.38. The molecule has 0 aliphatic carbocycles. The van der Waals surface area contributed by atoms with Crippen LogP contribution in [0.15, 0.2) is 6.07 Å². The third-order valence-corrected chi connectivity index (χ3v) is 2.25. The molecule has 0 spiro atoms. The van der Waals surface area contributed by atoms with Crippen LogP contribution in [0.4, 0.5) is 22.0 Å². The SMILES string of the molecule is NCc1cc(C(=O)Cl)c(C(F)(F)F)nc1C(F)F. The van der Waals surface area contributed by atoms with E-state index in [9.17, 15) is 26.7 Å². The van der Waals surface area contributed by atoms with Gasteiger partial charge in [-0.15, -0.1) is 0 Å². The van der Waals surface area contributed by atoms with E-state index in [1.165, 1.54) is 0 Å². The molecular formula is C9H6ClF5N2O. The normalized spacial score (nSPS) is 12.0. The van der Waals surface area contributed by atoms with Crippen molar-refractivity contribution in [2.45, 2.75) is 19.1 Å². The number of rotatable bonds is 3. The highest BCUT2D eigenvalue weighted by Crippen LogP contribution is 2.34. The third kappa shape index (κ3) is 2.94. The first-order valence-electron chi connectivity index (χ1n) is 4.47. The Balaban J connectivity index is 3.58. The van der Waals surface area contributed by atoms with E-state index in [2.05, 4.69) is 4.98 Å². The van der Waals surface area contributed by atoms with Crippen LogP contribution in [0.3, 0.4) is 0 Å². The molecular weight excluding hydrogens is 283 g/mol. The zero-order valence-corrected chi connectivity index (χ0v) is 9.32. The van der Waals surface area contributed by atoms with Gasteiger partial charge in [-0.3, -0.25) is 4.79 Å². The average Bonchev–Trinajstić information content (AvgIpc) is 2.25. The van der Waals surface area contributed by atoms with Gasteiger partial charge in [0.15, 0.2) is 5.69 Å². The number of pyridine rings is 1. The molecule has 9 heteroatoms. The van der Waals surface area contributed by atoms with Crippen molar-refractivity contribution in [2.75, 3.05) is 0 Å². The summed E-state index contributed by atoms with van der Waals surface area (Å²) in [6, 6.07) is 0.590. The van der Waals surface area contributed by atoms with Gasteiger partial charge in [0.1, 0.15) is 5.69 Å². The van der Waals surface area contributed by atoms with Crippen LogP contribution >= 0.6 is 11.6 Å². The second-order valence-electron chi connectivity index (χ2n) is 3.21. The Morgan fingerprint density at radius 2 is 2.00 bits per heavy atom. The second-order valence-corrected chi connectivity index (χ2v) is 3.55. The highest BCUT2D eigenvalue weighted by molar-refractivity contribution is 6.67. The van der Waals surface area contributed by atoms with Crippen molar-refractivity contribution >= 4 is 16.8 Å². The lowest BCUT2D eigenvalue weighted by atomic mass is 10.1. The minimum atomic E-state index is -5.06. The summed E-state index contributed by atoms with van der Waals surface area (Å²) in [5.74, 6) is 0. The molecule has 0 amide bonds. The maximum Gasteiger partial charge on any atom is 0.434 e. The smallest absolute Gasteiger partial charge is 0.326 e. The fourth-order valence-electron chi connectivity index (χ4n) is 1.29. The molecule has 0 unspecified atom stereocenters. The third-order valence-electron chi connectivity index (χ3n) is 2.04. The maximum atomic E-state index is 12.5. The van der Waals surface area contributed by atoms with Crippen LogP contribution in [0.2, 0.25) is 0 Å². The Bertz CT molecular complexity index is 475. The van der Waals surface area contributed by atoms with E-state index < -0.39 is 41.3 Å². The number of aromatic nitrogens is 1. The number of halogens is 6. The Morgan fingerprint density at radius 1 is 1.44 bits per heavy atom. The van der Waals surface area contributed by atoms with Gasteiger partial charge in [-0.2, -0.15) is 13.2 Å². The van der Waals surface area contributed by atoms with Crippen molar-refractivity contribution in [3.8, 4) is 0 Å². The largest absolute Gasteiger partial charge is 0.434 e. The van der Waals surface area contributed by atoms with Crippen LogP contribution in [0, 0.1) is 0 Å². The first-order chi connectivity index (χ1) is 8.18. The summed E-state index contributed by atoms with van der Waals surface area (Å²) in [6.45, 7) is -0.484. The number of nitrogens with two attached hydrogens (primary N) is 1. The first kappa shape index (κ1) is 14.8. The monoisotopic (exact) mass is 288 g/mol. The minimum Gasteiger partial charge on any atom is -0.326 e. The number of carbonyl (C=O) groups is 1. The van der Waals surface area contributed by atoms with Crippen LogP contribution < -0.4 is 5.73 Å². The quantitative estimate of drug-likeness (QED) is 0.687. The predicted molar refractivity (Wildman–Crippen MR) is 52.3 cm³/mol. The van der Waals surface area contributed by atoms with Crippen LogP contribution in [0.1, 0.15) is 33.7 Å². The van der Waals surface area contributed by atoms with Gasteiger partial charge in [0, 0.05) is 6.54 Å². The van der Waals surface area contributed by atoms with E-state index in [-0.39, 0.29) is 5.56 Å². The number of hydrogen-bond acceptors (Lipinski definition) is 3. The fraction of sp³-hybridized carbons (Fsp3) is 0.333. The van der Waals surface area contributed by atoms with Gasteiger partial charge in [-0.05, 0) is 23.2 Å². The molecule has 3 nitrogen and oxygen atoms in total. The summed E-state index contributed by atoms with van der Waals surface area (Å²) in [6.07, 6.45) is -8.29. The highest BCUT2D eigenvalue weighted by atomic mass is 35.5. The molecule has 0 saturated heterocycles. The van der Waals surface area contributed by atoms with Gasteiger partial charge in [0.2, 0.25) is 0 Å². The molecule has 0 atom stereocenters. The maximum absolute atomic E-state index is 12.5. The summed E-state index contributed by atoms with van der Waals surface area (Å²) in [7, 11) is 0. The Labute approximate surface area is 103 Å². The number of nitrogens with zero attached hydrogens (tertiary/aromatic N) is 1. The van der Waals surface area contributed by atoms with Crippen LogP contribution in [-0.2, 0) is 12.7 Å². The van der Waals surface area contributed by atoms with Gasteiger partial charge < -0.3 is 5.73 Å². The molecule has 0 aliphatic rings. The summed E-state index contributed by atoms with van der Waals surface area (Å²) in [5, 5.41) is -1.44. The molecule has 18 heavy (non-hydrogen) atoms. The Hall–Kier alpha value is -1.28. The summed E-state index contributed by atoms with van der Waals surface area (Å²) in [5.41, 5.74) is 0.911. The summed E-state index contributed by atoms with van der Waals surface area (Å²) in [4.78, 5) is 13.6. The molecule has 1 rings (SSSR count). The van der Waals surface area contributed by atoms with Gasteiger partial charge in [-0.25, -0.2) is 13.8 Å². The lowest BCUT2D eigenvalue weighted by Gasteiger charge is -2.14. The lowest BCUT2D eigenvalue weighted by molar-refractivity contribution is -0.141. The van der Waals surface area contributed by atoms with E-state index in [1.54, 1.807) is 0 Å². The molecule has 1 aromatic heterocycles. The number of alkyl halides is 5. The van der Waals surface area contributed by atoms with Gasteiger partial charge in [0.25, 0.3) is 11.7 Å². The van der Waals surface area contributed by atoms with Crippen LogP contribution in [0.5, 0.6) is 0 Å². The standard InChI is InChI=1S/C9H6ClF5N2O/c10-7(18)4-1-3(2-16)5(8(11)12)17-6(4)9(13,14)15/h1,8H,2,16H2. The van der Waals surface area contributed by atoms with Crippen molar-refractivity contribution in [2.24, 2.45) is 5.73 Å². The molecule has 2 N–H and O–H groups in total. The number of carbonyl (C=O) groups excluding carboxylic acids is 1. The molecule has 1 heterocycles. The molecule has 1 aromatic rings. The summed E-state index contributed by atoms with van der Waals surface area (Å²) >= 11 is 4.97. The van der Waals surface area contributed by atoms with Crippen molar-refractivity contribution in [3.63, 3.8) is 0 Å². The Kier molecular flexibility index (Phi) is 4.23. The molecule has 0 radical (unpaired) electrons. The van der Waals surface area contributed by atoms with Crippen LogP contribution in [-0.4, -0.2) is 10.2 Å².